The minimum atomic E-state index is -0.514. The summed E-state index contributed by atoms with van der Waals surface area (Å²) in [6.45, 7) is 0. The van der Waals surface area contributed by atoms with Crippen molar-refractivity contribution < 1.29 is 4.42 Å². The van der Waals surface area contributed by atoms with Crippen LogP contribution in [0.4, 0.5) is 34.1 Å². The van der Waals surface area contributed by atoms with Gasteiger partial charge in [-0.3, -0.25) is 0 Å². The highest BCUT2D eigenvalue weighted by molar-refractivity contribution is 6.09. The lowest BCUT2D eigenvalue weighted by Crippen LogP contribution is -2.36. The van der Waals surface area contributed by atoms with Gasteiger partial charge in [-0.15, -0.1) is 0 Å². The third-order valence-electron chi connectivity index (χ3n) is 12.2. The number of furan rings is 1. The molecule has 0 saturated heterocycles. The van der Waals surface area contributed by atoms with E-state index < -0.39 is 5.41 Å². The number of anilines is 6. The van der Waals surface area contributed by atoms with Crippen molar-refractivity contribution in [3.8, 4) is 22.3 Å². The van der Waals surface area contributed by atoms with Gasteiger partial charge in [0, 0.05) is 33.5 Å². The highest BCUT2D eigenvalue weighted by atomic mass is 16.3. The molecule has 1 aliphatic carbocycles. The van der Waals surface area contributed by atoms with Crippen LogP contribution in [0.25, 0.3) is 44.2 Å². The van der Waals surface area contributed by atoms with Crippen molar-refractivity contribution >= 4 is 56.1 Å². The predicted molar refractivity (Wildman–Crippen MR) is 239 cm³/mol. The Kier molecular flexibility index (Phi) is 7.14. The second-order valence-electron chi connectivity index (χ2n) is 15.2. The van der Waals surface area contributed by atoms with Gasteiger partial charge in [0.1, 0.15) is 11.2 Å². The average molecular weight is 741 g/mol. The summed E-state index contributed by atoms with van der Waals surface area (Å²) in [6.07, 6.45) is 0. The summed E-state index contributed by atoms with van der Waals surface area (Å²) in [5, 5.41) is 2.19. The minimum absolute atomic E-state index is 0.514. The van der Waals surface area contributed by atoms with Crippen LogP contribution in [0, 0.1) is 0 Å². The number of hydrogen-bond acceptors (Lipinski definition) is 3. The largest absolute Gasteiger partial charge is 0.456 e. The average Bonchev–Trinajstić information content (AvgIpc) is 3.81. The quantitative estimate of drug-likeness (QED) is 0.175. The topological polar surface area (TPSA) is 19.6 Å². The second-order valence-corrected chi connectivity index (χ2v) is 15.2. The van der Waals surface area contributed by atoms with E-state index >= 15 is 0 Å². The third kappa shape index (κ3) is 4.62. The first kappa shape index (κ1) is 32.6. The second kappa shape index (κ2) is 12.7. The van der Waals surface area contributed by atoms with Crippen LogP contribution in [-0.4, -0.2) is 0 Å². The fourth-order valence-electron chi connectivity index (χ4n) is 9.92. The van der Waals surface area contributed by atoms with Gasteiger partial charge in [-0.1, -0.05) is 140 Å². The summed E-state index contributed by atoms with van der Waals surface area (Å²) >= 11 is 0. The number of para-hydroxylation sites is 5. The SMILES string of the molecule is c1ccc(N(c2ccccc2)c2ccc3oc4ccc(-c5cccc6c5-c5ccccc5C65c6ccccc6N(c6ccccc6)c6ccccc65)cc4c3c2)cc1. The first-order valence-corrected chi connectivity index (χ1v) is 19.9. The third-order valence-corrected chi connectivity index (χ3v) is 12.2. The zero-order valence-electron chi connectivity index (χ0n) is 31.6. The fourth-order valence-corrected chi connectivity index (χ4v) is 9.92. The normalized spacial score (nSPS) is 13.3. The van der Waals surface area contributed by atoms with E-state index in [1.54, 1.807) is 0 Å². The van der Waals surface area contributed by atoms with Gasteiger partial charge in [-0.25, -0.2) is 0 Å². The molecule has 0 radical (unpaired) electrons. The molecule has 0 unspecified atom stereocenters. The molecule has 2 heterocycles. The highest BCUT2D eigenvalue weighted by Crippen LogP contribution is 2.64. The van der Waals surface area contributed by atoms with Crippen molar-refractivity contribution in [2.45, 2.75) is 5.41 Å². The number of hydrogen-bond donors (Lipinski definition) is 0. The van der Waals surface area contributed by atoms with Crippen molar-refractivity contribution in [2.75, 3.05) is 9.80 Å². The standard InChI is InChI=1S/C55H36N2O/c1-4-17-38(18-5-1)56(39-19-6-2-7-20-39)41-32-34-53-45(36-41)44-35-37(31-33-52(44)58-53)42-24-16-28-49-54(42)43-23-10-11-25-46(43)55(49)47-26-12-14-29-50(47)57(40-21-8-3-9-22-40)51-30-15-13-27-48(51)55/h1-36H. The Balaban J connectivity index is 1.08. The van der Waals surface area contributed by atoms with Crippen molar-refractivity contribution in [1.29, 1.82) is 0 Å². The minimum Gasteiger partial charge on any atom is -0.456 e. The molecule has 272 valence electrons. The number of rotatable bonds is 5. The van der Waals surface area contributed by atoms with E-state index in [0.717, 1.165) is 50.3 Å². The fraction of sp³-hybridized carbons (Fsp3) is 0.0182. The monoisotopic (exact) mass is 740 g/mol. The molecule has 3 nitrogen and oxygen atoms in total. The van der Waals surface area contributed by atoms with E-state index in [2.05, 4.69) is 228 Å². The molecule has 0 amide bonds. The van der Waals surface area contributed by atoms with Crippen LogP contribution in [0.15, 0.2) is 223 Å². The Morgan fingerprint density at radius 3 is 1.57 bits per heavy atom. The van der Waals surface area contributed by atoms with Crippen LogP contribution < -0.4 is 9.80 Å². The molecule has 12 rings (SSSR count). The van der Waals surface area contributed by atoms with Gasteiger partial charge < -0.3 is 14.2 Å². The highest BCUT2D eigenvalue weighted by Gasteiger charge is 2.52. The Morgan fingerprint density at radius 1 is 0.379 bits per heavy atom. The van der Waals surface area contributed by atoms with Crippen LogP contribution in [0.1, 0.15) is 22.3 Å². The van der Waals surface area contributed by atoms with Crippen molar-refractivity contribution in [2.24, 2.45) is 0 Å². The lowest BCUT2D eigenvalue weighted by atomic mass is 9.64. The maximum absolute atomic E-state index is 6.53. The summed E-state index contributed by atoms with van der Waals surface area (Å²) in [4.78, 5) is 4.74. The van der Waals surface area contributed by atoms with Crippen LogP contribution in [0.5, 0.6) is 0 Å². The van der Waals surface area contributed by atoms with Crippen LogP contribution in [0.3, 0.4) is 0 Å². The van der Waals surface area contributed by atoms with Crippen LogP contribution in [0.2, 0.25) is 0 Å². The molecule has 0 bridgehead atoms. The molecule has 0 fully saturated rings. The number of nitrogens with zero attached hydrogens (tertiary/aromatic N) is 2. The Morgan fingerprint density at radius 2 is 0.897 bits per heavy atom. The molecule has 3 heteroatoms. The molecule has 1 aromatic heterocycles. The summed E-state index contributed by atoms with van der Waals surface area (Å²) in [5.41, 5.74) is 18.2. The van der Waals surface area contributed by atoms with Crippen molar-refractivity contribution in [3.05, 3.63) is 241 Å². The Hall–Kier alpha value is -7.62. The van der Waals surface area contributed by atoms with Gasteiger partial charge in [0.05, 0.1) is 16.8 Å². The number of benzene rings is 9. The molecule has 0 saturated carbocycles. The van der Waals surface area contributed by atoms with Gasteiger partial charge in [0.25, 0.3) is 0 Å². The maximum atomic E-state index is 6.53. The molecular formula is C55H36N2O. The lowest BCUT2D eigenvalue weighted by molar-refractivity contribution is 0.669. The Labute approximate surface area is 337 Å². The molecule has 9 aromatic carbocycles. The van der Waals surface area contributed by atoms with E-state index in [1.165, 1.54) is 50.3 Å². The molecule has 1 aliphatic heterocycles. The van der Waals surface area contributed by atoms with E-state index in [1.807, 2.05) is 0 Å². The van der Waals surface area contributed by atoms with Gasteiger partial charge in [0.2, 0.25) is 0 Å². The van der Waals surface area contributed by atoms with Crippen molar-refractivity contribution in [1.82, 2.24) is 0 Å². The van der Waals surface area contributed by atoms with E-state index in [-0.39, 0.29) is 0 Å². The summed E-state index contributed by atoms with van der Waals surface area (Å²) in [7, 11) is 0. The summed E-state index contributed by atoms with van der Waals surface area (Å²) in [5.74, 6) is 0. The molecule has 0 atom stereocenters. The first-order valence-electron chi connectivity index (χ1n) is 19.9. The molecular weight excluding hydrogens is 705 g/mol. The molecule has 2 aliphatic rings. The summed E-state index contributed by atoms with van der Waals surface area (Å²) < 4.78 is 6.53. The van der Waals surface area contributed by atoms with Gasteiger partial charge >= 0.3 is 0 Å². The van der Waals surface area contributed by atoms with E-state index in [9.17, 15) is 0 Å². The smallest absolute Gasteiger partial charge is 0.135 e. The van der Waals surface area contributed by atoms with Gasteiger partial charge in [-0.2, -0.15) is 0 Å². The first-order chi connectivity index (χ1) is 28.8. The molecule has 1 spiro atoms. The van der Waals surface area contributed by atoms with Gasteiger partial charge in [-0.05, 0) is 123 Å². The van der Waals surface area contributed by atoms with E-state index in [0.29, 0.717) is 0 Å². The lowest BCUT2D eigenvalue weighted by Gasteiger charge is -2.45. The van der Waals surface area contributed by atoms with Crippen LogP contribution >= 0.6 is 0 Å². The zero-order valence-corrected chi connectivity index (χ0v) is 31.6. The van der Waals surface area contributed by atoms with Gasteiger partial charge in [0.15, 0.2) is 0 Å². The zero-order chi connectivity index (χ0) is 38.2. The van der Waals surface area contributed by atoms with E-state index in [4.69, 9.17) is 4.42 Å². The predicted octanol–water partition coefficient (Wildman–Crippen LogP) is 14.9. The maximum Gasteiger partial charge on any atom is 0.135 e. The summed E-state index contributed by atoms with van der Waals surface area (Å²) in [6, 6.07) is 79.1. The van der Waals surface area contributed by atoms with Crippen molar-refractivity contribution in [3.63, 3.8) is 0 Å². The van der Waals surface area contributed by atoms with Crippen LogP contribution in [-0.2, 0) is 5.41 Å². The molecule has 58 heavy (non-hydrogen) atoms. The molecule has 0 N–H and O–H groups in total. The number of fused-ring (bicyclic) bond motifs is 12. The molecule has 10 aromatic rings. The Bertz CT molecular complexity index is 3100.